The first-order valence-corrected chi connectivity index (χ1v) is 6.09. The quantitative estimate of drug-likeness (QED) is 0.836. The lowest BCUT2D eigenvalue weighted by atomic mass is 9.81. The number of hydrogen-bond donors (Lipinski definition) is 1. The molecule has 0 aliphatic heterocycles. The van der Waals surface area contributed by atoms with E-state index < -0.39 is 48.5 Å². The molecule has 0 saturated heterocycles. The van der Waals surface area contributed by atoms with Crippen molar-refractivity contribution in [3.05, 3.63) is 30.1 Å². The minimum atomic E-state index is -2.96. The first-order chi connectivity index (χ1) is 9.82. The summed E-state index contributed by atoms with van der Waals surface area (Å²) in [7, 11) is 0. The molecule has 2 nitrogen and oxygen atoms in total. The van der Waals surface area contributed by atoms with Crippen molar-refractivity contribution in [2.24, 2.45) is 5.92 Å². The Balaban J connectivity index is 2.17. The summed E-state index contributed by atoms with van der Waals surface area (Å²) in [6, 6.07) is 4.37. The molecule has 1 aromatic rings. The van der Waals surface area contributed by atoms with Crippen LogP contribution in [0.3, 0.4) is 0 Å². The number of carbonyl (C=O) groups is 1. The predicted octanol–water partition coefficient (Wildman–Crippen LogP) is 3.08. The van der Waals surface area contributed by atoms with Crippen LogP contribution in [0, 0.1) is 11.7 Å². The lowest BCUT2D eigenvalue weighted by Gasteiger charge is -2.35. The lowest BCUT2D eigenvalue weighted by molar-refractivity contribution is -0.138. The maximum absolute atomic E-state index is 13.6. The molecule has 21 heavy (non-hydrogen) atoms. The Hall–Kier alpha value is -1.73. The molecule has 8 heteroatoms. The van der Waals surface area contributed by atoms with Crippen LogP contribution in [0.5, 0.6) is 0 Å². The Morgan fingerprint density at radius 2 is 1.43 bits per heavy atom. The van der Waals surface area contributed by atoms with Crippen LogP contribution in [0.15, 0.2) is 24.3 Å². The van der Waals surface area contributed by atoms with Crippen LogP contribution in [-0.4, -0.2) is 36.8 Å². The summed E-state index contributed by atoms with van der Waals surface area (Å²) in [5.74, 6) is -4.44. The lowest BCUT2D eigenvalue weighted by Crippen LogP contribution is -2.56. The minimum Gasteiger partial charge on any atom is -0.326 e. The molecule has 0 aromatic heterocycles. The first kappa shape index (κ1) is 15.7. The van der Waals surface area contributed by atoms with E-state index in [2.05, 4.69) is 0 Å². The zero-order valence-corrected chi connectivity index (χ0v) is 10.4. The van der Waals surface area contributed by atoms with Gasteiger partial charge in [-0.05, 0) is 18.2 Å². The summed E-state index contributed by atoms with van der Waals surface area (Å²) in [5.41, 5.74) is -0.132. The van der Waals surface area contributed by atoms with Gasteiger partial charge in [0.05, 0.1) is 0 Å². The van der Waals surface area contributed by atoms with Crippen LogP contribution >= 0.6 is 0 Å². The third-order valence-electron chi connectivity index (χ3n) is 3.30. The monoisotopic (exact) mass is 311 g/mol. The maximum Gasteiger partial charge on any atom is 0.233 e. The van der Waals surface area contributed by atoms with Gasteiger partial charge in [0.1, 0.15) is 24.1 Å². The van der Waals surface area contributed by atoms with Gasteiger partial charge in [0.15, 0.2) is 18.5 Å². The normalized spacial score (nSPS) is 36.3. The summed E-state index contributed by atoms with van der Waals surface area (Å²) < 4.78 is 79.5. The van der Waals surface area contributed by atoms with Gasteiger partial charge in [0, 0.05) is 5.69 Å². The average Bonchev–Trinajstić information content (AvgIpc) is 2.43. The third kappa shape index (κ3) is 2.98. The van der Waals surface area contributed by atoms with Gasteiger partial charge in [-0.25, -0.2) is 26.3 Å². The highest BCUT2D eigenvalue weighted by Crippen LogP contribution is 2.36. The standard InChI is InChI=1S/C13H11F6NO/c14-5-2-1-3-6(4-5)20-13(21)7-8(15)10(17)12(19)11(18)9(7)16/h1-4,7-12H,(H,20,21)/t7?,8-,9+,10+,11-,12?. The zero-order valence-electron chi connectivity index (χ0n) is 10.4. The third-order valence-corrected chi connectivity index (χ3v) is 3.30. The van der Waals surface area contributed by atoms with Gasteiger partial charge in [-0.3, -0.25) is 4.79 Å². The largest absolute Gasteiger partial charge is 0.326 e. The van der Waals surface area contributed by atoms with Crippen molar-refractivity contribution < 1.29 is 31.1 Å². The molecule has 2 rings (SSSR count). The number of benzene rings is 1. The van der Waals surface area contributed by atoms with E-state index in [1.54, 1.807) is 0 Å². The fraction of sp³-hybridized carbons (Fsp3) is 0.462. The van der Waals surface area contributed by atoms with Gasteiger partial charge in [0.25, 0.3) is 0 Å². The minimum absolute atomic E-state index is 0.132. The SMILES string of the molecule is O=C(Nc1cccc(F)c1)C1[C@@H](F)[C@H](F)C(F)[C@H](F)[C@H]1F. The Kier molecular flexibility index (Phi) is 4.43. The first-order valence-electron chi connectivity index (χ1n) is 6.09. The van der Waals surface area contributed by atoms with E-state index in [0.29, 0.717) is 0 Å². The highest BCUT2D eigenvalue weighted by molar-refractivity contribution is 5.93. The van der Waals surface area contributed by atoms with Gasteiger partial charge >= 0.3 is 0 Å². The molecular weight excluding hydrogens is 300 g/mol. The number of anilines is 1. The van der Waals surface area contributed by atoms with Gasteiger partial charge in [0.2, 0.25) is 5.91 Å². The second-order valence-electron chi connectivity index (χ2n) is 4.75. The summed E-state index contributed by atoms with van der Waals surface area (Å²) in [6.45, 7) is 0. The van der Waals surface area contributed by atoms with Crippen molar-refractivity contribution in [2.45, 2.75) is 30.9 Å². The highest BCUT2D eigenvalue weighted by atomic mass is 19.2. The van der Waals surface area contributed by atoms with Crippen LogP contribution in [0.2, 0.25) is 0 Å². The van der Waals surface area contributed by atoms with E-state index >= 15 is 0 Å². The molecule has 116 valence electrons. The summed E-state index contributed by atoms with van der Waals surface area (Å²) >= 11 is 0. The number of amides is 1. The number of halogens is 6. The van der Waals surface area contributed by atoms with Crippen molar-refractivity contribution in [3.8, 4) is 0 Å². The molecule has 1 aliphatic carbocycles. The number of nitrogens with one attached hydrogen (secondary N) is 1. The van der Waals surface area contributed by atoms with Gasteiger partial charge in [-0.1, -0.05) is 6.07 Å². The number of carbonyl (C=O) groups excluding carboxylic acids is 1. The Morgan fingerprint density at radius 1 is 0.905 bits per heavy atom. The smallest absolute Gasteiger partial charge is 0.233 e. The number of alkyl halides is 5. The fourth-order valence-electron chi connectivity index (χ4n) is 2.18. The molecule has 1 aliphatic rings. The van der Waals surface area contributed by atoms with Crippen LogP contribution in [0.25, 0.3) is 0 Å². The van der Waals surface area contributed by atoms with Crippen LogP contribution in [0.1, 0.15) is 0 Å². The van der Waals surface area contributed by atoms with Crippen molar-refractivity contribution in [1.29, 1.82) is 0 Å². The summed E-state index contributed by atoms with van der Waals surface area (Å²) in [4.78, 5) is 11.7. The summed E-state index contributed by atoms with van der Waals surface area (Å²) in [5, 5.41) is 1.95. The van der Waals surface area contributed by atoms with Crippen molar-refractivity contribution in [3.63, 3.8) is 0 Å². The van der Waals surface area contributed by atoms with Gasteiger partial charge in [-0.2, -0.15) is 0 Å². The van der Waals surface area contributed by atoms with Crippen molar-refractivity contribution in [2.75, 3.05) is 5.32 Å². The van der Waals surface area contributed by atoms with E-state index in [9.17, 15) is 31.1 Å². The number of rotatable bonds is 2. The van der Waals surface area contributed by atoms with E-state index in [-0.39, 0.29) is 5.69 Å². The molecule has 2 unspecified atom stereocenters. The fourth-order valence-corrected chi connectivity index (χ4v) is 2.18. The Labute approximate surface area is 116 Å². The predicted molar refractivity (Wildman–Crippen MR) is 63.0 cm³/mol. The molecule has 0 radical (unpaired) electrons. The van der Waals surface area contributed by atoms with Crippen molar-refractivity contribution in [1.82, 2.24) is 0 Å². The van der Waals surface area contributed by atoms with Gasteiger partial charge in [-0.15, -0.1) is 0 Å². The zero-order chi connectivity index (χ0) is 15.7. The van der Waals surface area contributed by atoms with E-state index in [1.165, 1.54) is 12.1 Å². The van der Waals surface area contributed by atoms with Gasteiger partial charge < -0.3 is 5.32 Å². The Morgan fingerprint density at radius 3 is 1.95 bits per heavy atom. The molecule has 1 N–H and O–H groups in total. The molecule has 6 atom stereocenters. The number of hydrogen-bond acceptors (Lipinski definition) is 1. The molecule has 0 bridgehead atoms. The molecule has 1 amide bonds. The topological polar surface area (TPSA) is 29.1 Å². The molecule has 0 heterocycles. The second kappa shape index (κ2) is 5.95. The van der Waals surface area contributed by atoms with Crippen LogP contribution < -0.4 is 5.32 Å². The molecule has 1 aromatic carbocycles. The average molecular weight is 311 g/mol. The molecule has 1 fully saturated rings. The molecule has 1 saturated carbocycles. The van der Waals surface area contributed by atoms with Crippen LogP contribution in [0.4, 0.5) is 32.0 Å². The molecular formula is C13H11F6NO. The van der Waals surface area contributed by atoms with E-state index in [0.717, 1.165) is 12.1 Å². The molecule has 0 spiro atoms. The summed E-state index contributed by atoms with van der Waals surface area (Å²) in [6.07, 6.45) is -14.5. The van der Waals surface area contributed by atoms with E-state index in [4.69, 9.17) is 0 Å². The maximum atomic E-state index is 13.6. The highest BCUT2D eigenvalue weighted by Gasteiger charge is 2.56. The van der Waals surface area contributed by atoms with Crippen LogP contribution in [-0.2, 0) is 4.79 Å². The Bertz CT molecular complexity index is 511. The van der Waals surface area contributed by atoms with Crippen molar-refractivity contribution >= 4 is 11.6 Å². The second-order valence-corrected chi connectivity index (χ2v) is 4.75. The van der Waals surface area contributed by atoms with E-state index in [1.807, 2.05) is 5.32 Å².